The number of likely N-dealkylation sites (tertiary alicyclic amines) is 1. The Morgan fingerprint density at radius 3 is 2.52 bits per heavy atom. The van der Waals surface area contributed by atoms with E-state index in [4.69, 9.17) is 4.52 Å². The van der Waals surface area contributed by atoms with E-state index in [1.807, 2.05) is 0 Å². The Hall–Kier alpha value is -0.920. The second kappa shape index (κ2) is 10.6. The topological polar surface area (TPSA) is 94.3 Å². The second-order valence-corrected chi connectivity index (χ2v) is 8.62. The van der Waals surface area contributed by atoms with Gasteiger partial charge in [-0.05, 0) is 25.9 Å². The molecule has 1 aromatic heterocycles. The average molecular weight is 512 g/mol. The van der Waals surface area contributed by atoms with E-state index in [0.29, 0.717) is 31.9 Å². The van der Waals surface area contributed by atoms with E-state index >= 15 is 0 Å². The zero-order chi connectivity index (χ0) is 18.4. The maximum absolute atomic E-state index is 12.5. The normalized spacial score (nSPS) is 19.9. The van der Waals surface area contributed by atoms with E-state index in [2.05, 4.69) is 25.3 Å². The molecule has 0 radical (unpaired) electrons. The third kappa shape index (κ3) is 6.29. The summed E-state index contributed by atoms with van der Waals surface area (Å²) in [5.41, 5.74) is 0.437. The molecule has 11 heteroatoms. The second-order valence-electron chi connectivity index (χ2n) is 6.66. The quantitative estimate of drug-likeness (QED) is 0.335. The van der Waals surface area contributed by atoms with Crippen molar-refractivity contribution in [3.63, 3.8) is 0 Å². The van der Waals surface area contributed by atoms with Crippen LogP contribution in [0.4, 0.5) is 0 Å². The molecule has 2 saturated heterocycles. The highest BCUT2D eigenvalue weighted by Gasteiger charge is 2.29. The number of sulfonamides is 1. The summed E-state index contributed by atoms with van der Waals surface area (Å²) in [5, 5.41) is 7.09. The lowest BCUT2D eigenvalue weighted by Gasteiger charge is -2.35. The average Bonchev–Trinajstić information content (AvgIpc) is 3.33. The third-order valence-electron chi connectivity index (χ3n) is 4.87. The fourth-order valence-electron chi connectivity index (χ4n) is 3.43. The predicted molar refractivity (Wildman–Crippen MR) is 115 cm³/mol. The van der Waals surface area contributed by atoms with Crippen LogP contribution in [-0.4, -0.2) is 93.0 Å². The molecule has 0 aliphatic carbocycles. The fraction of sp³-hybridized carbons (Fsp3) is 0.750. The van der Waals surface area contributed by atoms with Crippen LogP contribution in [0, 0.1) is 0 Å². The van der Waals surface area contributed by atoms with E-state index in [-0.39, 0.29) is 29.7 Å². The Kier molecular flexibility index (Phi) is 8.76. The Labute approximate surface area is 178 Å². The number of aliphatic imine (C=N–C) groups is 1. The summed E-state index contributed by atoms with van der Waals surface area (Å²) < 4.78 is 31.2. The molecule has 0 unspecified atom stereocenters. The van der Waals surface area contributed by atoms with Crippen molar-refractivity contribution >= 4 is 40.0 Å². The van der Waals surface area contributed by atoms with Crippen LogP contribution in [0.2, 0.25) is 0 Å². The fourth-order valence-corrected chi connectivity index (χ4v) is 4.86. The molecule has 2 aliphatic heterocycles. The smallest absolute Gasteiger partial charge is 0.220 e. The summed E-state index contributed by atoms with van der Waals surface area (Å²) in [6.45, 7) is 6.40. The van der Waals surface area contributed by atoms with Gasteiger partial charge < -0.3 is 19.6 Å². The lowest BCUT2D eigenvalue weighted by Crippen LogP contribution is -2.54. The standard InChI is InChI=1S/C16H28N6O3S.HI/c1-17-16(18-5-8-20-6-2-3-7-20)21-9-11-22(12-10-21)26(23,24)14-15-4-13-25-19-15;/h4,13H,2-3,5-12,14H2,1H3,(H,17,18);1H. The lowest BCUT2D eigenvalue weighted by molar-refractivity contribution is 0.258. The van der Waals surface area contributed by atoms with Crippen LogP contribution in [0.25, 0.3) is 0 Å². The van der Waals surface area contributed by atoms with Gasteiger partial charge in [0.15, 0.2) is 5.96 Å². The van der Waals surface area contributed by atoms with Crippen LogP contribution >= 0.6 is 24.0 Å². The summed E-state index contributed by atoms with van der Waals surface area (Å²) in [6, 6.07) is 1.58. The minimum absolute atomic E-state index is 0. The highest BCUT2D eigenvalue weighted by molar-refractivity contribution is 14.0. The highest BCUT2D eigenvalue weighted by Crippen LogP contribution is 2.13. The Morgan fingerprint density at radius 1 is 1.22 bits per heavy atom. The SMILES string of the molecule is CN=C(NCCN1CCCC1)N1CCN(S(=O)(=O)Cc2ccon2)CC1.I. The number of halogens is 1. The Bertz CT molecular complexity index is 683. The van der Waals surface area contributed by atoms with Gasteiger partial charge in [-0.1, -0.05) is 5.16 Å². The molecule has 154 valence electrons. The Morgan fingerprint density at radius 2 is 1.93 bits per heavy atom. The van der Waals surface area contributed by atoms with E-state index < -0.39 is 10.0 Å². The van der Waals surface area contributed by atoms with Crippen LogP contribution in [0.1, 0.15) is 18.5 Å². The lowest BCUT2D eigenvalue weighted by atomic mass is 10.4. The highest BCUT2D eigenvalue weighted by atomic mass is 127. The number of piperazine rings is 1. The molecule has 1 aromatic rings. The molecule has 3 heterocycles. The zero-order valence-corrected chi connectivity index (χ0v) is 18.9. The summed E-state index contributed by atoms with van der Waals surface area (Å²) in [7, 11) is -1.60. The molecule has 0 bridgehead atoms. The van der Waals surface area contributed by atoms with Crippen molar-refractivity contribution in [2.45, 2.75) is 18.6 Å². The largest absolute Gasteiger partial charge is 0.364 e. The zero-order valence-electron chi connectivity index (χ0n) is 15.7. The Balaban J connectivity index is 0.00000261. The van der Waals surface area contributed by atoms with Gasteiger partial charge in [0.25, 0.3) is 0 Å². The van der Waals surface area contributed by atoms with Crippen LogP contribution < -0.4 is 5.32 Å². The molecular weight excluding hydrogens is 483 g/mol. The number of rotatable bonds is 6. The number of hydrogen-bond acceptors (Lipinski definition) is 6. The van der Waals surface area contributed by atoms with Gasteiger partial charge in [-0.25, -0.2) is 8.42 Å². The molecule has 0 aromatic carbocycles. The maximum Gasteiger partial charge on any atom is 0.220 e. The van der Waals surface area contributed by atoms with E-state index in [0.717, 1.165) is 19.0 Å². The summed E-state index contributed by atoms with van der Waals surface area (Å²) in [4.78, 5) is 8.92. The molecule has 0 spiro atoms. The van der Waals surface area contributed by atoms with Crippen LogP contribution in [0.5, 0.6) is 0 Å². The van der Waals surface area contributed by atoms with Gasteiger partial charge in [0, 0.05) is 52.4 Å². The molecule has 2 fully saturated rings. The van der Waals surface area contributed by atoms with Crippen molar-refractivity contribution in [1.29, 1.82) is 0 Å². The molecule has 27 heavy (non-hydrogen) atoms. The van der Waals surface area contributed by atoms with Crippen molar-refractivity contribution in [3.8, 4) is 0 Å². The summed E-state index contributed by atoms with van der Waals surface area (Å²) in [6.07, 6.45) is 3.97. The first-order chi connectivity index (χ1) is 12.6. The maximum atomic E-state index is 12.5. The van der Waals surface area contributed by atoms with E-state index in [1.54, 1.807) is 13.1 Å². The summed E-state index contributed by atoms with van der Waals surface area (Å²) >= 11 is 0. The van der Waals surface area contributed by atoms with Gasteiger partial charge >= 0.3 is 0 Å². The van der Waals surface area contributed by atoms with Crippen molar-refractivity contribution in [3.05, 3.63) is 18.0 Å². The molecule has 0 amide bonds. The van der Waals surface area contributed by atoms with Gasteiger partial charge in [-0.2, -0.15) is 4.31 Å². The van der Waals surface area contributed by atoms with Crippen molar-refractivity contribution in [2.75, 3.05) is 59.4 Å². The molecule has 0 atom stereocenters. The van der Waals surface area contributed by atoms with Crippen molar-refractivity contribution in [1.82, 2.24) is 24.6 Å². The number of aromatic nitrogens is 1. The third-order valence-corrected chi connectivity index (χ3v) is 6.69. The van der Waals surface area contributed by atoms with Gasteiger partial charge in [0.2, 0.25) is 10.0 Å². The van der Waals surface area contributed by atoms with Gasteiger partial charge in [0.1, 0.15) is 12.0 Å². The van der Waals surface area contributed by atoms with Crippen LogP contribution in [-0.2, 0) is 15.8 Å². The minimum Gasteiger partial charge on any atom is -0.364 e. The number of guanidine groups is 1. The molecule has 9 nitrogen and oxygen atoms in total. The van der Waals surface area contributed by atoms with E-state index in [1.165, 1.54) is 36.5 Å². The first-order valence-electron chi connectivity index (χ1n) is 9.13. The number of nitrogens with zero attached hydrogens (tertiary/aromatic N) is 5. The first-order valence-corrected chi connectivity index (χ1v) is 10.7. The molecule has 3 rings (SSSR count). The van der Waals surface area contributed by atoms with Crippen LogP contribution in [0.3, 0.4) is 0 Å². The monoisotopic (exact) mass is 512 g/mol. The predicted octanol–water partition coefficient (Wildman–Crippen LogP) is 0.411. The first kappa shape index (κ1) is 22.4. The van der Waals surface area contributed by atoms with Crippen molar-refractivity contribution in [2.24, 2.45) is 4.99 Å². The number of nitrogens with one attached hydrogen (secondary N) is 1. The van der Waals surface area contributed by atoms with Gasteiger partial charge in [0.05, 0.1) is 5.69 Å². The van der Waals surface area contributed by atoms with Gasteiger partial charge in [-0.15, -0.1) is 24.0 Å². The molecular formula is C16H29IN6O3S. The van der Waals surface area contributed by atoms with E-state index in [9.17, 15) is 8.42 Å². The summed E-state index contributed by atoms with van der Waals surface area (Å²) in [5.74, 6) is 0.726. The van der Waals surface area contributed by atoms with Crippen molar-refractivity contribution < 1.29 is 12.9 Å². The molecule has 2 aliphatic rings. The van der Waals surface area contributed by atoms with Gasteiger partial charge in [-0.3, -0.25) is 4.99 Å². The minimum atomic E-state index is -3.37. The van der Waals surface area contributed by atoms with Crippen LogP contribution in [0.15, 0.2) is 21.8 Å². The number of hydrogen-bond donors (Lipinski definition) is 1. The molecule has 0 saturated carbocycles. The molecule has 1 N–H and O–H groups in total.